The number of hydrogen-bond acceptors (Lipinski definition) is 7. The Hall–Kier alpha value is -3.15. The molecule has 2 atom stereocenters. The number of likely N-dealkylation sites (N-methyl/N-ethyl adjacent to an activating group) is 1. The Bertz CT molecular complexity index is 1120. The number of ether oxygens (including phenoxy) is 3. The zero-order chi connectivity index (χ0) is 29.6. The maximum Gasteiger partial charge on any atom is 0.250 e. The van der Waals surface area contributed by atoms with Gasteiger partial charge in [-0.25, -0.2) is 4.39 Å². The molecule has 10 heteroatoms. The van der Waals surface area contributed by atoms with Crippen LogP contribution in [0.2, 0.25) is 0 Å². The van der Waals surface area contributed by atoms with Crippen LogP contribution in [0.4, 0.5) is 10.1 Å². The van der Waals surface area contributed by atoms with Crippen molar-refractivity contribution in [1.29, 1.82) is 0 Å². The lowest BCUT2D eigenvalue weighted by molar-refractivity contribution is -0.121. The molecule has 0 aliphatic carbocycles. The van der Waals surface area contributed by atoms with Crippen LogP contribution in [-0.4, -0.2) is 101 Å². The van der Waals surface area contributed by atoms with Crippen molar-refractivity contribution in [1.82, 2.24) is 15.1 Å². The maximum atomic E-state index is 14.5. The lowest BCUT2D eigenvalue weighted by atomic mass is 9.93. The predicted octanol–water partition coefficient (Wildman–Crippen LogP) is 2.95. The van der Waals surface area contributed by atoms with E-state index in [1.54, 1.807) is 6.07 Å². The molecular formula is C31H43FN4O5. The summed E-state index contributed by atoms with van der Waals surface area (Å²) in [6.45, 7) is 9.68. The van der Waals surface area contributed by atoms with Crippen LogP contribution in [0.15, 0.2) is 55.1 Å². The Kier molecular flexibility index (Phi) is 13.4. The summed E-state index contributed by atoms with van der Waals surface area (Å²) in [5, 5.41) is 5.54. The van der Waals surface area contributed by atoms with E-state index < -0.39 is 0 Å². The van der Waals surface area contributed by atoms with E-state index in [2.05, 4.69) is 47.2 Å². The summed E-state index contributed by atoms with van der Waals surface area (Å²) in [7, 11) is 4.14. The summed E-state index contributed by atoms with van der Waals surface area (Å²) in [6, 6.07) is 13.4. The first-order valence-electron chi connectivity index (χ1n) is 13.9. The van der Waals surface area contributed by atoms with Crippen molar-refractivity contribution in [2.75, 3.05) is 78.7 Å². The van der Waals surface area contributed by atoms with Gasteiger partial charge in [-0.15, -0.1) is 0 Å². The minimum atomic E-state index is -0.237. The third-order valence-electron chi connectivity index (χ3n) is 7.07. The Morgan fingerprint density at radius 2 is 1.76 bits per heavy atom. The summed E-state index contributed by atoms with van der Waals surface area (Å²) in [5.74, 6) is -0.410. The zero-order valence-corrected chi connectivity index (χ0v) is 24.4. The van der Waals surface area contributed by atoms with Crippen LogP contribution in [0.5, 0.6) is 0 Å². The normalized spacial score (nSPS) is 17.1. The van der Waals surface area contributed by atoms with Crippen LogP contribution in [0, 0.1) is 12.7 Å². The van der Waals surface area contributed by atoms with Crippen LogP contribution in [0.25, 0.3) is 0 Å². The van der Waals surface area contributed by atoms with Crippen molar-refractivity contribution in [3.63, 3.8) is 0 Å². The first kappa shape index (κ1) is 32.4. The van der Waals surface area contributed by atoms with E-state index in [0.29, 0.717) is 39.5 Å². The lowest BCUT2D eigenvalue weighted by Gasteiger charge is -2.25. The maximum absolute atomic E-state index is 14.5. The van der Waals surface area contributed by atoms with Crippen molar-refractivity contribution >= 4 is 17.5 Å². The third-order valence-corrected chi connectivity index (χ3v) is 7.07. The van der Waals surface area contributed by atoms with E-state index in [1.807, 2.05) is 31.2 Å². The largest absolute Gasteiger partial charge is 0.377 e. The number of likely N-dealkylation sites (tertiary alicyclic amines) is 1. The van der Waals surface area contributed by atoms with Crippen molar-refractivity contribution < 1.29 is 28.2 Å². The van der Waals surface area contributed by atoms with E-state index >= 15 is 0 Å². The van der Waals surface area contributed by atoms with Crippen LogP contribution < -0.4 is 10.6 Å². The highest BCUT2D eigenvalue weighted by molar-refractivity contribution is 5.91. The van der Waals surface area contributed by atoms with Gasteiger partial charge in [-0.2, -0.15) is 0 Å². The van der Waals surface area contributed by atoms with E-state index in [4.69, 9.17) is 14.2 Å². The highest BCUT2D eigenvalue weighted by atomic mass is 19.1. The first-order valence-corrected chi connectivity index (χ1v) is 13.9. The fourth-order valence-electron chi connectivity index (χ4n) is 4.90. The number of anilines is 1. The number of carbonyl (C=O) groups excluding carboxylic acids is 2. The molecule has 0 radical (unpaired) electrons. The van der Waals surface area contributed by atoms with Crippen molar-refractivity contribution in [3.8, 4) is 0 Å². The van der Waals surface area contributed by atoms with Gasteiger partial charge in [0.05, 0.1) is 33.0 Å². The summed E-state index contributed by atoms with van der Waals surface area (Å²) >= 11 is 0. The minimum Gasteiger partial charge on any atom is -0.377 e. The van der Waals surface area contributed by atoms with Crippen molar-refractivity contribution in [3.05, 3.63) is 77.6 Å². The summed E-state index contributed by atoms with van der Waals surface area (Å²) < 4.78 is 30.7. The molecule has 1 fully saturated rings. The lowest BCUT2D eigenvalue weighted by Crippen LogP contribution is -2.34. The van der Waals surface area contributed by atoms with Crippen LogP contribution in [0.3, 0.4) is 0 Å². The second-order valence-electron chi connectivity index (χ2n) is 10.3. The van der Waals surface area contributed by atoms with Crippen LogP contribution >= 0.6 is 0 Å². The van der Waals surface area contributed by atoms with Gasteiger partial charge in [0.15, 0.2) is 0 Å². The third kappa shape index (κ3) is 10.6. The molecule has 3 rings (SSSR count). The number of amides is 2. The molecule has 0 saturated carbocycles. The van der Waals surface area contributed by atoms with Gasteiger partial charge in [-0.05, 0) is 56.4 Å². The molecule has 1 heterocycles. The predicted molar refractivity (Wildman–Crippen MR) is 157 cm³/mol. The Labute approximate surface area is 242 Å². The number of nitrogens with zero attached hydrogens (tertiary/aromatic N) is 2. The van der Waals surface area contributed by atoms with Gasteiger partial charge in [-0.3, -0.25) is 14.5 Å². The van der Waals surface area contributed by atoms with Crippen molar-refractivity contribution in [2.45, 2.75) is 25.4 Å². The standard InChI is InChI=1S/C31H43FN4O5/c1-5-30(37)33-12-13-39-14-15-40-16-17-41-22-31(38)34-25-10-7-9-24(18-25)27-20-36(21-29(27)35(3)4)19-26-23(2)8-6-11-28(26)32/h5-11,18,27,29H,1,12-17,19-22H2,2-4H3,(H,33,37)(H,34,38)/t27-,29+/m1/s1. The van der Waals surface area contributed by atoms with Gasteiger partial charge in [0.25, 0.3) is 0 Å². The number of benzene rings is 2. The van der Waals surface area contributed by atoms with Gasteiger partial charge < -0.3 is 29.7 Å². The Morgan fingerprint density at radius 1 is 1.05 bits per heavy atom. The summed E-state index contributed by atoms with van der Waals surface area (Å²) in [4.78, 5) is 28.0. The molecular weight excluding hydrogens is 527 g/mol. The number of carbonyl (C=O) groups is 2. The second kappa shape index (κ2) is 17.0. The van der Waals surface area contributed by atoms with Gasteiger partial charge in [0, 0.05) is 49.4 Å². The summed E-state index contributed by atoms with van der Waals surface area (Å²) in [5.41, 5.74) is 3.56. The first-order chi connectivity index (χ1) is 19.8. The molecule has 41 heavy (non-hydrogen) atoms. The van der Waals surface area contributed by atoms with E-state index in [-0.39, 0.29) is 42.8 Å². The molecule has 0 unspecified atom stereocenters. The average Bonchev–Trinajstić information content (AvgIpc) is 3.38. The van der Waals surface area contributed by atoms with E-state index in [0.717, 1.165) is 35.5 Å². The smallest absolute Gasteiger partial charge is 0.250 e. The van der Waals surface area contributed by atoms with Gasteiger partial charge in [0.1, 0.15) is 12.4 Å². The van der Waals surface area contributed by atoms with E-state index in [1.165, 1.54) is 12.1 Å². The van der Waals surface area contributed by atoms with Gasteiger partial charge in [-0.1, -0.05) is 30.8 Å². The Balaban J connectivity index is 1.40. The minimum absolute atomic E-state index is 0.0768. The van der Waals surface area contributed by atoms with Gasteiger partial charge in [0.2, 0.25) is 11.8 Å². The molecule has 2 amide bonds. The molecule has 0 spiro atoms. The topological polar surface area (TPSA) is 92.4 Å². The fourth-order valence-corrected chi connectivity index (χ4v) is 4.90. The number of nitrogens with one attached hydrogen (secondary N) is 2. The zero-order valence-electron chi connectivity index (χ0n) is 24.4. The highest BCUT2D eigenvalue weighted by Crippen LogP contribution is 2.33. The second-order valence-corrected chi connectivity index (χ2v) is 10.3. The quantitative estimate of drug-likeness (QED) is 0.223. The number of hydrogen-bond donors (Lipinski definition) is 2. The molecule has 2 aromatic rings. The number of rotatable bonds is 17. The molecule has 1 aliphatic rings. The molecule has 2 aromatic carbocycles. The van der Waals surface area contributed by atoms with Crippen molar-refractivity contribution in [2.24, 2.45) is 0 Å². The average molecular weight is 571 g/mol. The molecule has 9 nitrogen and oxygen atoms in total. The molecule has 1 saturated heterocycles. The molecule has 224 valence electrons. The van der Waals surface area contributed by atoms with Crippen LogP contribution in [-0.2, 0) is 30.3 Å². The number of aryl methyl sites for hydroxylation is 1. The van der Waals surface area contributed by atoms with E-state index in [9.17, 15) is 14.0 Å². The fraction of sp³-hybridized carbons (Fsp3) is 0.484. The summed E-state index contributed by atoms with van der Waals surface area (Å²) in [6.07, 6.45) is 1.21. The number of halogens is 1. The molecule has 0 bridgehead atoms. The monoisotopic (exact) mass is 570 g/mol. The molecule has 0 aromatic heterocycles. The Morgan fingerprint density at radius 3 is 2.46 bits per heavy atom. The molecule has 1 aliphatic heterocycles. The SMILES string of the molecule is C=CC(=O)NCCOCCOCCOCC(=O)Nc1cccc([C@H]2CN(Cc3c(C)cccc3F)C[C@@H]2N(C)C)c1. The highest BCUT2D eigenvalue weighted by Gasteiger charge is 2.35. The van der Waals surface area contributed by atoms with Crippen LogP contribution in [0.1, 0.15) is 22.6 Å². The van der Waals surface area contributed by atoms with Gasteiger partial charge >= 0.3 is 0 Å². The molecule has 2 N–H and O–H groups in total.